The van der Waals surface area contributed by atoms with Gasteiger partial charge in [-0.25, -0.2) is 4.39 Å². The van der Waals surface area contributed by atoms with E-state index in [1.165, 1.54) is 23.5 Å². The van der Waals surface area contributed by atoms with Crippen LogP contribution in [0.1, 0.15) is 21.0 Å². The van der Waals surface area contributed by atoms with Crippen molar-refractivity contribution in [1.29, 1.82) is 0 Å². The molecule has 3 rings (SSSR count). The molecule has 2 heterocycles. The fourth-order valence-corrected chi connectivity index (χ4v) is 3.72. The third-order valence-electron chi connectivity index (χ3n) is 3.91. The monoisotopic (exact) mass is 354 g/mol. The number of nitrogens with zero attached hydrogens (tertiary/aromatic N) is 1. The van der Waals surface area contributed by atoms with Gasteiger partial charge >= 0.3 is 0 Å². The van der Waals surface area contributed by atoms with Crippen LogP contribution < -0.4 is 5.32 Å². The zero-order valence-electron chi connectivity index (χ0n) is 13.0. The predicted octanol–water partition coefficient (Wildman–Crippen LogP) is 3.72. The molecule has 124 valence electrons. The second-order valence-electron chi connectivity index (χ2n) is 5.48. The van der Waals surface area contributed by atoms with E-state index < -0.39 is 0 Å². The van der Waals surface area contributed by atoms with Gasteiger partial charge in [0, 0.05) is 24.5 Å². The molecule has 1 aromatic carbocycles. The Kier molecular flexibility index (Phi) is 6.16. The summed E-state index contributed by atoms with van der Waals surface area (Å²) in [6.07, 6.45) is 0.987. The number of carbonyl (C=O) groups excluding carboxylic acids is 1. The van der Waals surface area contributed by atoms with Crippen molar-refractivity contribution >= 4 is 29.7 Å². The molecule has 1 aliphatic rings. The van der Waals surface area contributed by atoms with Crippen LogP contribution in [0, 0.1) is 12.7 Å². The zero-order chi connectivity index (χ0) is 15.5. The number of nitrogens with one attached hydrogen (secondary N) is 1. The Morgan fingerprint density at radius 3 is 2.70 bits per heavy atom. The van der Waals surface area contributed by atoms with E-state index in [0.29, 0.717) is 0 Å². The molecule has 23 heavy (non-hydrogen) atoms. The summed E-state index contributed by atoms with van der Waals surface area (Å²) in [5.41, 5.74) is 1.97. The van der Waals surface area contributed by atoms with Crippen molar-refractivity contribution in [2.75, 3.05) is 26.2 Å². The molecule has 1 saturated heterocycles. The van der Waals surface area contributed by atoms with Crippen molar-refractivity contribution in [1.82, 2.24) is 10.2 Å². The molecule has 1 aliphatic heterocycles. The Morgan fingerprint density at radius 2 is 1.96 bits per heavy atom. The van der Waals surface area contributed by atoms with Crippen molar-refractivity contribution in [3.63, 3.8) is 0 Å². The first kappa shape index (κ1) is 17.9. The van der Waals surface area contributed by atoms with Crippen LogP contribution in [-0.2, 0) is 0 Å². The van der Waals surface area contributed by atoms with E-state index in [1.54, 1.807) is 12.1 Å². The van der Waals surface area contributed by atoms with Crippen LogP contribution in [-0.4, -0.2) is 37.0 Å². The maximum atomic E-state index is 13.1. The molecule has 0 spiro atoms. The molecule has 0 atom stereocenters. The molecule has 1 fully saturated rings. The van der Waals surface area contributed by atoms with E-state index in [0.717, 1.165) is 53.5 Å². The van der Waals surface area contributed by atoms with Gasteiger partial charge in [-0.1, -0.05) is 12.1 Å². The molecule has 1 N–H and O–H groups in total. The number of aryl methyl sites for hydroxylation is 1. The Labute approximate surface area is 145 Å². The first-order valence-corrected chi connectivity index (χ1v) is 8.33. The minimum absolute atomic E-state index is 0. The van der Waals surface area contributed by atoms with Crippen molar-refractivity contribution in [3.8, 4) is 11.1 Å². The van der Waals surface area contributed by atoms with Crippen LogP contribution in [0.3, 0.4) is 0 Å². The summed E-state index contributed by atoms with van der Waals surface area (Å²) in [4.78, 5) is 16.4. The molecule has 0 unspecified atom stereocenters. The molecule has 0 bridgehead atoms. The van der Waals surface area contributed by atoms with Crippen LogP contribution in [0.5, 0.6) is 0 Å². The van der Waals surface area contributed by atoms with Gasteiger partial charge in [0.2, 0.25) is 0 Å². The molecular formula is C17H20ClFN2OS. The van der Waals surface area contributed by atoms with Gasteiger partial charge in [0.15, 0.2) is 0 Å². The molecule has 6 heteroatoms. The number of rotatable bonds is 2. The maximum absolute atomic E-state index is 13.1. The Hall–Kier alpha value is -1.43. The number of hydrogen-bond acceptors (Lipinski definition) is 3. The van der Waals surface area contributed by atoms with Crippen molar-refractivity contribution in [2.24, 2.45) is 0 Å². The van der Waals surface area contributed by atoms with Gasteiger partial charge < -0.3 is 10.2 Å². The van der Waals surface area contributed by atoms with E-state index in [1.807, 2.05) is 17.9 Å². The van der Waals surface area contributed by atoms with E-state index in [-0.39, 0.29) is 24.1 Å². The molecule has 0 aliphatic carbocycles. The molecule has 0 radical (unpaired) electrons. The third-order valence-corrected chi connectivity index (χ3v) is 4.95. The van der Waals surface area contributed by atoms with Crippen LogP contribution in [0.4, 0.5) is 4.39 Å². The van der Waals surface area contributed by atoms with Crippen LogP contribution in [0.15, 0.2) is 30.3 Å². The summed E-state index contributed by atoms with van der Waals surface area (Å²) >= 11 is 1.52. The number of thiophene rings is 1. The maximum Gasteiger partial charge on any atom is 0.263 e. The quantitative estimate of drug-likeness (QED) is 0.891. The van der Waals surface area contributed by atoms with E-state index in [2.05, 4.69) is 5.32 Å². The Morgan fingerprint density at radius 1 is 1.22 bits per heavy atom. The average molecular weight is 355 g/mol. The standard InChI is InChI=1S/C17H19FN2OS.ClH/c1-12-15(13-3-5-14(18)6-4-13)11-16(22-12)17(21)20-9-2-7-19-8-10-20;/h3-6,11,19H,2,7-10H2,1H3;1H. The minimum Gasteiger partial charge on any atom is -0.337 e. The first-order chi connectivity index (χ1) is 10.6. The van der Waals surface area contributed by atoms with Crippen LogP contribution in [0.25, 0.3) is 11.1 Å². The number of amides is 1. The summed E-state index contributed by atoms with van der Waals surface area (Å²) in [5, 5.41) is 3.31. The second kappa shape index (κ2) is 7.90. The lowest BCUT2D eigenvalue weighted by Gasteiger charge is -2.18. The molecule has 1 amide bonds. The molecule has 3 nitrogen and oxygen atoms in total. The number of benzene rings is 1. The van der Waals surface area contributed by atoms with Gasteiger partial charge in [-0.15, -0.1) is 23.7 Å². The summed E-state index contributed by atoms with van der Waals surface area (Å²) in [5.74, 6) is -0.143. The number of hydrogen-bond donors (Lipinski definition) is 1. The summed E-state index contributed by atoms with van der Waals surface area (Å²) < 4.78 is 13.1. The second-order valence-corrected chi connectivity index (χ2v) is 6.74. The molecule has 1 aromatic heterocycles. The predicted molar refractivity (Wildman–Crippen MR) is 95.1 cm³/mol. The highest BCUT2D eigenvalue weighted by molar-refractivity contribution is 7.14. The Bertz CT molecular complexity index is 664. The summed E-state index contributed by atoms with van der Waals surface area (Å²) in [6, 6.07) is 8.36. The first-order valence-electron chi connectivity index (χ1n) is 7.51. The van der Waals surface area contributed by atoms with Gasteiger partial charge in [-0.2, -0.15) is 0 Å². The zero-order valence-corrected chi connectivity index (χ0v) is 14.6. The highest BCUT2D eigenvalue weighted by atomic mass is 35.5. The third kappa shape index (κ3) is 4.10. The fraction of sp³-hybridized carbons (Fsp3) is 0.353. The fourth-order valence-electron chi connectivity index (χ4n) is 2.71. The van der Waals surface area contributed by atoms with E-state index >= 15 is 0 Å². The van der Waals surface area contributed by atoms with Crippen molar-refractivity contribution in [3.05, 3.63) is 45.9 Å². The molecular weight excluding hydrogens is 335 g/mol. The SMILES string of the molecule is Cc1sc(C(=O)N2CCCNCC2)cc1-c1ccc(F)cc1.Cl. The van der Waals surface area contributed by atoms with E-state index in [4.69, 9.17) is 0 Å². The lowest BCUT2D eigenvalue weighted by Crippen LogP contribution is -2.33. The minimum atomic E-state index is -0.245. The molecule has 2 aromatic rings. The van der Waals surface area contributed by atoms with Gasteiger partial charge in [0.05, 0.1) is 4.88 Å². The van der Waals surface area contributed by atoms with Gasteiger partial charge in [-0.05, 0) is 49.2 Å². The van der Waals surface area contributed by atoms with Crippen LogP contribution >= 0.6 is 23.7 Å². The smallest absolute Gasteiger partial charge is 0.263 e. The lowest BCUT2D eigenvalue weighted by molar-refractivity contribution is 0.0771. The topological polar surface area (TPSA) is 32.3 Å². The van der Waals surface area contributed by atoms with Gasteiger partial charge in [-0.3, -0.25) is 4.79 Å². The highest BCUT2D eigenvalue weighted by Crippen LogP contribution is 2.31. The molecule has 0 saturated carbocycles. The summed E-state index contributed by atoms with van der Waals surface area (Å²) in [7, 11) is 0. The van der Waals surface area contributed by atoms with Crippen molar-refractivity contribution < 1.29 is 9.18 Å². The normalized spacial score (nSPS) is 15.0. The Balaban J connectivity index is 0.00000192. The van der Waals surface area contributed by atoms with Crippen molar-refractivity contribution in [2.45, 2.75) is 13.3 Å². The summed E-state index contributed by atoms with van der Waals surface area (Å²) in [6.45, 7) is 5.37. The van der Waals surface area contributed by atoms with Gasteiger partial charge in [0.1, 0.15) is 5.82 Å². The number of carbonyl (C=O) groups is 1. The highest BCUT2D eigenvalue weighted by Gasteiger charge is 2.20. The van der Waals surface area contributed by atoms with Crippen LogP contribution in [0.2, 0.25) is 0 Å². The number of halogens is 2. The average Bonchev–Trinajstić information content (AvgIpc) is 2.74. The lowest BCUT2D eigenvalue weighted by atomic mass is 10.1. The largest absolute Gasteiger partial charge is 0.337 e. The van der Waals surface area contributed by atoms with E-state index in [9.17, 15) is 9.18 Å². The van der Waals surface area contributed by atoms with Gasteiger partial charge in [0.25, 0.3) is 5.91 Å².